The van der Waals surface area contributed by atoms with Crippen molar-refractivity contribution in [3.63, 3.8) is 0 Å². The maximum absolute atomic E-state index is 12.8. The first kappa shape index (κ1) is 63.9. The Labute approximate surface area is 411 Å². The summed E-state index contributed by atoms with van der Waals surface area (Å²) in [5.41, 5.74) is 0. The van der Waals surface area contributed by atoms with Crippen LogP contribution in [0.4, 0.5) is 0 Å². The van der Waals surface area contributed by atoms with Crippen LogP contribution >= 0.6 is 0 Å². The summed E-state index contributed by atoms with van der Waals surface area (Å²) >= 11 is 0. The first-order chi connectivity index (χ1) is 32.5. The molecular weight excluding hydrogens is 817 g/mol. The Morgan fingerprint density at radius 1 is 0.288 bits per heavy atom. The molecule has 0 N–H and O–H groups in total. The average Bonchev–Trinajstić information content (AvgIpc) is 3.31. The van der Waals surface area contributed by atoms with Crippen molar-refractivity contribution in [2.45, 2.75) is 329 Å². The van der Waals surface area contributed by atoms with Crippen LogP contribution in [0.3, 0.4) is 0 Å². The summed E-state index contributed by atoms with van der Waals surface area (Å²) in [4.78, 5) is 38.1. The molecule has 0 saturated carbocycles. The fourth-order valence-corrected chi connectivity index (χ4v) is 8.73. The van der Waals surface area contributed by atoms with Crippen LogP contribution in [0.1, 0.15) is 323 Å². The van der Waals surface area contributed by atoms with Gasteiger partial charge < -0.3 is 14.2 Å². The Morgan fingerprint density at radius 3 is 0.758 bits per heavy atom. The number of rotatable bonds is 54. The lowest BCUT2D eigenvalue weighted by molar-refractivity contribution is -0.167. The second-order valence-corrected chi connectivity index (χ2v) is 19.9. The van der Waals surface area contributed by atoms with Gasteiger partial charge in [-0.2, -0.15) is 0 Å². The smallest absolute Gasteiger partial charge is 0.306 e. The van der Waals surface area contributed by atoms with Gasteiger partial charge in [0.05, 0.1) is 0 Å². The predicted molar refractivity (Wildman–Crippen MR) is 284 cm³/mol. The Kier molecular flexibility index (Phi) is 53.7. The molecule has 0 aromatic heterocycles. The maximum Gasteiger partial charge on any atom is 0.306 e. The van der Waals surface area contributed by atoms with Crippen LogP contribution in [0.5, 0.6) is 0 Å². The van der Waals surface area contributed by atoms with Crippen LogP contribution in [0.2, 0.25) is 0 Å². The van der Waals surface area contributed by atoms with E-state index in [0.29, 0.717) is 19.3 Å². The average molecular weight is 930 g/mol. The highest BCUT2D eigenvalue weighted by Crippen LogP contribution is 2.17. The van der Waals surface area contributed by atoms with Crippen LogP contribution in [0, 0.1) is 0 Å². The van der Waals surface area contributed by atoms with Gasteiger partial charge in [-0.25, -0.2) is 0 Å². The fourth-order valence-electron chi connectivity index (χ4n) is 8.73. The Bertz CT molecular complexity index is 1070. The normalized spacial score (nSPS) is 12.1. The third-order valence-electron chi connectivity index (χ3n) is 13.2. The first-order valence-electron chi connectivity index (χ1n) is 29.3. The molecule has 0 rings (SSSR count). The monoisotopic (exact) mass is 929 g/mol. The van der Waals surface area contributed by atoms with Gasteiger partial charge in [-0.1, -0.05) is 257 Å². The lowest BCUT2D eigenvalue weighted by Gasteiger charge is -2.18. The van der Waals surface area contributed by atoms with E-state index in [4.69, 9.17) is 14.2 Å². The first-order valence-corrected chi connectivity index (χ1v) is 29.3. The lowest BCUT2D eigenvalue weighted by atomic mass is 10.0. The number of allylic oxidation sites excluding steroid dienone is 4. The van der Waals surface area contributed by atoms with Gasteiger partial charge in [0.25, 0.3) is 0 Å². The van der Waals surface area contributed by atoms with Gasteiger partial charge in [-0.05, 0) is 70.6 Å². The highest BCUT2D eigenvalue weighted by Gasteiger charge is 2.19. The Balaban J connectivity index is 4.32. The minimum atomic E-state index is -0.771. The molecule has 0 unspecified atom stereocenters. The third-order valence-corrected chi connectivity index (χ3v) is 13.2. The van der Waals surface area contributed by atoms with Crippen LogP contribution in [0.15, 0.2) is 24.3 Å². The molecule has 0 heterocycles. The number of unbranched alkanes of at least 4 members (excludes halogenated alkanes) is 39. The number of hydrogen-bond donors (Lipinski definition) is 0. The molecule has 66 heavy (non-hydrogen) atoms. The summed E-state index contributed by atoms with van der Waals surface area (Å²) in [7, 11) is 0. The van der Waals surface area contributed by atoms with E-state index < -0.39 is 6.10 Å². The van der Waals surface area contributed by atoms with E-state index >= 15 is 0 Å². The van der Waals surface area contributed by atoms with Gasteiger partial charge in [-0.3, -0.25) is 14.4 Å². The van der Waals surface area contributed by atoms with E-state index in [1.807, 2.05) is 0 Å². The molecule has 1 atom stereocenters. The van der Waals surface area contributed by atoms with E-state index in [1.54, 1.807) is 0 Å². The molecule has 0 aliphatic heterocycles. The van der Waals surface area contributed by atoms with Gasteiger partial charge >= 0.3 is 17.9 Å². The molecule has 0 radical (unpaired) electrons. The van der Waals surface area contributed by atoms with Crippen molar-refractivity contribution in [2.75, 3.05) is 13.2 Å². The van der Waals surface area contributed by atoms with Gasteiger partial charge in [0.2, 0.25) is 0 Å². The maximum atomic E-state index is 12.8. The highest BCUT2D eigenvalue weighted by atomic mass is 16.6. The lowest BCUT2D eigenvalue weighted by Crippen LogP contribution is -2.30. The van der Waals surface area contributed by atoms with Crippen molar-refractivity contribution in [1.82, 2.24) is 0 Å². The molecule has 0 bridgehead atoms. The molecule has 388 valence electrons. The molecule has 6 heteroatoms. The highest BCUT2D eigenvalue weighted by molar-refractivity contribution is 5.71. The van der Waals surface area contributed by atoms with Crippen LogP contribution in [-0.2, 0) is 28.6 Å². The summed E-state index contributed by atoms with van der Waals surface area (Å²) in [5, 5.41) is 0. The standard InChI is InChI=1S/C60H112O6/c1-4-7-10-13-16-19-22-25-28-29-30-31-33-35-38-41-44-47-50-53-59(62)65-56-57(55-64-58(61)52-49-46-43-40-37-34-27-24-21-18-15-12-9-6-3)66-60(63)54-51-48-45-42-39-36-32-26-23-20-17-14-11-8-5-2/h24-25,27-28,57H,4-23,26,29-56H2,1-3H3/b27-24-,28-25-/t57-/m1/s1. The number of ether oxygens (including phenoxy) is 3. The predicted octanol–water partition coefficient (Wildman–Crippen LogP) is 19.5. The quantitative estimate of drug-likeness (QED) is 0.0262. The largest absolute Gasteiger partial charge is 0.462 e. The van der Waals surface area contributed by atoms with Crippen molar-refractivity contribution < 1.29 is 28.6 Å². The number of carbonyl (C=O) groups is 3. The molecule has 6 nitrogen and oxygen atoms in total. The van der Waals surface area contributed by atoms with Crippen molar-refractivity contribution >= 4 is 17.9 Å². The van der Waals surface area contributed by atoms with Crippen molar-refractivity contribution in [1.29, 1.82) is 0 Å². The van der Waals surface area contributed by atoms with Crippen molar-refractivity contribution in [3.8, 4) is 0 Å². The summed E-state index contributed by atoms with van der Waals surface area (Å²) < 4.78 is 16.9. The molecule has 0 spiro atoms. The van der Waals surface area contributed by atoms with Gasteiger partial charge in [0, 0.05) is 19.3 Å². The van der Waals surface area contributed by atoms with Crippen molar-refractivity contribution in [3.05, 3.63) is 24.3 Å². The number of carbonyl (C=O) groups excluding carboxylic acids is 3. The van der Waals surface area contributed by atoms with E-state index in [1.165, 1.54) is 218 Å². The van der Waals surface area contributed by atoms with E-state index in [2.05, 4.69) is 45.1 Å². The van der Waals surface area contributed by atoms with E-state index in [-0.39, 0.29) is 31.1 Å². The Morgan fingerprint density at radius 2 is 0.500 bits per heavy atom. The van der Waals surface area contributed by atoms with Gasteiger partial charge in [-0.15, -0.1) is 0 Å². The van der Waals surface area contributed by atoms with E-state index in [0.717, 1.165) is 64.2 Å². The number of esters is 3. The van der Waals surface area contributed by atoms with Crippen LogP contribution in [-0.4, -0.2) is 37.2 Å². The molecule has 0 amide bonds. The number of hydrogen-bond acceptors (Lipinski definition) is 6. The zero-order chi connectivity index (χ0) is 47.9. The van der Waals surface area contributed by atoms with E-state index in [9.17, 15) is 14.4 Å². The molecule has 0 fully saturated rings. The summed E-state index contributed by atoms with van der Waals surface area (Å²) in [6.45, 7) is 6.67. The second-order valence-electron chi connectivity index (χ2n) is 19.9. The van der Waals surface area contributed by atoms with Crippen LogP contribution in [0.25, 0.3) is 0 Å². The second kappa shape index (κ2) is 55.5. The fraction of sp³-hybridized carbons (Fsp3) is 0.883. The Hall–Kier alpha value is -2.11. The van der Waals surface area contributed by atoms with Crippen LogP contribution < -0.4 is 0 Å². The molecule has 0 aromatic rings. The minimum Gasteiger partial charge on any atom is -0.462 e. The third kappa shape index (κ3) is 52.9. The molecular formula is C60H112O6. The molecule has 0 aliphatic rings. The topological polar surface area (TPSA) is 78.9 Å². The zero-order valence-corrected chi connectivity index (χ0v) is 44.5. The summed E-state index contributed by atoms with van der Waals surface area (Å²) in [5.74, 6) is -0.860. The van der Waals surface area contributed by atoms with Crippen molar-refractivity contribution in [2.24, 2.45) is 0 Å². The summed E-state index contributed by atoms with van der Waals surface area (Å²) in [6.07, 6.45) is 64.5. The molecule has 0 aromatic carbocycles. The summed E-state index contributed by atoms with van der Waals surface area (Å²) in [6, 6.07) is 0. The minimum absolute atomic E-state index is 0.0705. The van der Waals surface area contributed by atoms with Gasteiger partial charge in [0.15, 0.2) is 6.10 Å². The molecule has 0 saturated heterocycles. The zero-order valence-electron chi connectivity index (χ0n) is 44.5. The molecule has 0 aliphatic carbocycles. The SMILES string of the molecule is CCCCCCC/C=C\CCCCCCCC(=O)OC[C@H](COC(=O)CCCCCCCCCCC/C=C\CCCCCCCC)OC(=O)CCCCCCCCCCCCCCCCC. The van der Waals surface area contributed by atoms with Gasteiger partial charge in [0.1, 0.15) is 13.2 Å².